The van der Waals surface area contributed by atoms with Crippen LogP contribution in [0.15, 0.2) is 17.0 Å². The number of nitrogens with zero attached hydrogens (tertiary/aromatic N) is 2. The summed E-state index contributed by atoms with van der Waals surface area (Å²) < 4.78 is 0. The molecule has 0 unspecified atom stereocenters. The summed E-state index contributed by atoms with van der Waals surface area (Å²) in [5.41, 5.74) is -0.166. The number of nitro groups is 1. The van der Waals surface area contributed by atoms with E-state index in [2.05, 4.69) is 12.6 Å². The van der Waals surface area contributed by atoms with Crippen molar-refractivity contribution in [2.45, 2.75) is 11.3 Å². The predicted octanol–water partition coefficient (Wildman–Crippen LogP) is 1.38. The van der Waals surface area contributed by atoms with Gasteiger partial charge in [0.15, 0.2) is 0 Å². The molecule has 0 fully saturated rings. The second kappa shape index (κ2) is 4.63. The number of carboxylic acid groups (broad SMARTS) is 1. The molecule has 0 aromatic heterocycles. The first-order chi connectivity index (χ1) is 7.45. The van der Waals surface area contributed by atoms with E-state index in [0.29, 0.717) is 0 Å². The maximum atomic E-state index is 10.6. The summed E-state index contributed by atoms with van der Waals surface area (Å²) in [7, 11) is 0. The molecule has 82 valence electrons. The number of carboxylic acids is 1. The summed E-state index contributed by atoms with van der Waals surface area (Å²) >= 11 is 3.90. The Morgan fingerprint density at radius 2 is 2.25 bits per heavy atom. The summed E-state index contributed by atoms with van der Waals surface area (Å²) in [5, 5.41) is 27.9. The number of aliphatic carboxylic acids is 1. The van der Waals surface area contributed by atoms with Gasteiger partial charge in [0.05, 0.1) is 27.9 Å². The van der Waals surface area contributed by atoms with Crippen LogP contribution in [0.4, 0.5) is 5.69 Å². The van der Waals surface area contributed by atoms with Gasteiger partial charge >= 0.3 is 5.97 Å². The first-order valence-corrected chi connectivity index (χ1v) is 4.52. The molecular formula is C9H6N2O4S. The first kappa shape index (κ1) is 12.0. The lowest BCUT2D eigenvalue weighted by Crippen LogP contribution is -2.03. The Kier molecular flexibility index (Phi) is 3.48. The van der Waals surface area contributed by atoms with Crippen LogP contribution in [0.3, 0.4) is 0 Å². The van der Waals surface area contributed by atoms with Gasteiger partial charge in [0.1, 0.15) is 0 Å². The van der Waals surface area contributed by atoms with Crippen molar-refractivity contribution in [2.24, 2.45) is 0 Å². The van der Waals surface area contributed by atoms with Gasteiger partial charge in [0.25, 0.3) is 5.69 Å². The molecule has 1 rings (SSSR count). The minimum atomic E-state index is -1.14. The zero-order valence-corrected chi connectivity index (χ0v) is 8.77. The fourth-order valence-electron chi connectivity index (χ4n) is 1.18. The minimum Gasteiger partial charge on any atom is -0.481 e. The van der Waals surface area contributed by atoms with Gasteiger partial charge in [-0.05, 0) is 11.6 Å². The Bertz CT molecular complexity index is 507. The molecule has 0 amide bonds. The molecule has 0 radical (unpaired) electrons. The molecule has 7 heteroatoms. The first-order valence-electron chi connectivity index (χ1n) is 4.08. The number of nitro benzene ring substituents is 1. The third kappa shape index (κ3) is 2.49. The van der Waals surface area contributed by atoms with Crippen LogP contribution in [0.1, 0.15) is 11.1 Å². The van der Waals surface area contributed by atoms with Crippen LogP contribution < -0.4 is 0 Å². The highest BCUT2D eigenvalue weighted by atomic mass is 32.1. The van der Waals surface area contributed by atoms with Crippen LogP contribution in [0, 0.1) is 21.4 Å². The molecule has 1 aromatic carbocycles. The fourth-order valence-corrected chi connectivity index (χ4v) is 1.47. The Morgan fingerprint density at radius 3 is 2.69 bits per heavy atom. The number of rotatable bonds is 3. The lowest BCUT2D eigenvalue weighted by molar-refractivity contribution is -0.387. The van der Waals surface area contributed by atoms with Crippen molar-refractivity contribution in [3.63, 3.8) is 0 Å². The van der Waals surface area contributed by atoms with E-state index in [1.54, 1.807) is 6.07 Å². The van der Waals surface area contributed by atoms with Crippen LogP contribution in [-0.4, -0.2) is 16.0 Å². The maximum Gasteiger partial charge on any atom is 0.307 e. The van der Waals surface area contributed by atoms with Crippen molar-refractivity contribution in [1.82, 2.24) is 0 Å². The summed E-state index contributed by atoms with van der Waals surface area (Å²) in [6.07, 6.45) is -0.408. The summed E-state index contributed by atoms with van der Waals surface area (Å²) in [6, 6.07) is 4.08. The highest BCUT2D eigenvalue weighted by molar-refractivity contribution is 7.80. The number of thiol groups is 1. The molecule has 0 saturated heterocycles. The smallest absolute Gasteiger partial charge is 0.307 e. The Morgan fingerprint density at radius 1 is 1.62 bits per heavy atom. The van der Waals surface area contributed by atoms with Gasteiger partial charge in [-0.25, -0.2) is 0 Å². The number of benzene rings is 1. The number of hydrogen-bond acceptors (Lipinski definition) is 5. The van der Waals surface area contributed by atoms with E-state index >= 15 is 0 Å². The molecule has 0 saturated carbocycles. The topological polar surface area (TPSA) is 104 Å². The van der Waals surface area contributed by atoms with Gasteiger partial charge in [-0.2, -0.15) is 5.26 Å². The van der Waals surface area contributed by atoms with E-state index < -0.39 is 17.3 Å². The number of carbonyl (C=O) groups is 1. The van der Waals surface area contributed by atoms with E-state index in [0.717, 1.165) is 6.07 Å². The normalized spacial score (nSPS) is 9.50. The molecule has 6 nitrogen and oxygen atoms in total. The minimum absolute atomic E-state index is 0.0219. The summed E-state index contributed by atoms with van der Waals surface area (Å²) in [4.78, 5) is 20.4. The molecule has 0 spiro atoms. The van der Waals surface area contributed by atoms with Crippen molar-refractivity contribution in [3.05, 3.63) is 33.4 Å². The highest BCUT2D eigenvalue weighted by Crippen LogP contribution is 2.28. The van der Waals surface area contributed by atoms with Crippen LogP contribution in [0.5, 0.6) is 0 Å². The molecule has 0 heterocycles. The van der Waals surface area contributed by atoms with E-state index in [1.165, 1.54) is 6.07 Å². The van der Waals surface area contributed by atoms with Crippen molar-refractivity contribution in [1.29, 1.82) is 5.26 Å². The van der Waals surface area contributed by atoms with E-state index in [4.69, 9.17) is 10.4 Å². The van der Waals surface area contributed by atoms with Gasteiger partial charge in [-0.1, -0.05) is 0 Å². The average Bonchev–Trinajstić information content (AvgIpc) is 2.19. The van der Waals surface area contributed by atoms with Crippen molar-refractivity contribution >= 4 is 24.3 Å². The molecule has 0 aliphatic carbocycles. The quantitative estimate of drug-likeness (QED) is 0.470. The second-order valence-corrected chi connectivity index (χ2v) is 3.39. The maximum absolute atomic E-state index is 10.6. The molecule has 0 aliphatic rings. The monoisotopic (exact) mass is 238 g/mol. The van der Waals surface area contributed by atoms with Crippen LogP contribution >= 0.6 is 12.6 Å². The predicted molar refractivity (Wildman–Crippen MR) is 56.4 cm³/mol. The summed E-state index contributed by atoms with van der Waals surface area (Å²) in [5.74, 6) is -1.14. The zero-order valence-electron chi connectivity index (χ0n) is 7.88. The van der Waals surface area contributed by atoms with Gasteiger partial charge in [0, 0.05) is 6.07 Å². The third-order valence-corrected chi connectivity index (χ3v) is 2.35. The molecule has 16 heavy (non-hydrogen) atoms. The zero-order chi connectivity index (χ0) is 12.3. The lowest BCUT2D eigenvalue weighted by atomic mass is 10.1. The number of hydrogen-bond donors (Lipinski definition) is 2. The van der Waals surface area contributed by atoms with E-state index in [9.17, 15) is 14.9 Å². The van der Waals surface area contributed by atoms with Crippen LogP contribution in [-0.2, 0) is 11.2 Å². The highest BCUT2D eigenvalue weighted by Gasteiger charge is 2.18. The molecule has 0 bridgehead atoms. The molecule has 1 aromatic rings. The molecule has 1 N–H and O–H groups in total. The molecular weight excluding hydrogens is 232 g/mol. The fraction of sp³-hybridized carbons (Fsp3) is 0.111. The average molecular weight is 238 g/mol. The Labute approximate surface area is 95.7 Å². The van der Waals surface area contributed by atoms with Crippen molar-refractivity contribution < 1.29 is 14.8 Å². The number of nitriles is 1. The third-order valence-electron chi connectivity index (χ3n) is 1.84. The van der Waals surface area contributed by atoms with Gasteiger partial charge in [-0.3, -0.25) is 14.9 Å². The van der Waals surface area contributed by atoms with E-state index in [1.807, 2.05) is 0 Å². The lowest BCUT2D eigenvalue weighted by Gasteiger charge is -2.03. The summed E-state index contributed by atoms with van der Waals surface area (Å²) in [6.45, 7) is 0. The van der Waals surface area contributed by atoms with Crippen molar-refractivity contribution in [3.8, 4) is 6.07 Å². The van der Waals surface area contributed by atoms with Crippen LogP contribution in [0.2, 0.25) is 0 Å². The van der Waals surface area contributed by atoms with Crippen molar-refractivity contribution in [2.75, 3.05) is 0 Å². The van der Waals surface area contributed by atoms with Crippen LogP contribution in [0.25, 0.3) is 0 Å². The molecule has 0 atom stereocenters. The Balaban J connectivity index is 3.38. The van der Waals surface area contributed by atoms with Gasteiger partial charge in [0.2, 0.25) is 0 Å². The SMILES string of the molecule is N#Cc1cc(CC(=O)O)c(S)c([N+](=O)[O-])c1. The Hall–Kier alpha value is -2.07. The van der Waals surface area contributed by atoms with E-state index in [-0.39, 0.29) is 21.7 Å². The van der Waals surface area contributed by atoms with Gasteiger partial charge in [-0.15, -0.1) is 12.6 Å². The van der Waals surface area contributed by atoms with Gasteiger partial charge < -0.3 is 5.11 Å². The standard InChI is InChI=1S/C9H6N2O4S/c10-4-5-1-6(3-8(12)13)9(16)7(2-5)11(14)15/h1-2,16H,3H2,(H,12,13). The largest absolute Gasteiger partial charge is 0.481 e. The second-order valence-electron chi connectivity index (χ2n) is 2.94. The molecule has 0 aliphatic heterocycles.